The maximum absolute atomic E-state index is 12.2. The molecule has 14 heavy (non-hydrogen) atoms. The molecule has 0 bridgehead atoms. The first-order valence-corrected chi connectivity index (χ1v) is 4.00. The van der Waals surface area contributed by atoms with Gasteiger partial charge in [-0.1, -0.05) is 11.6 Å². The zero-order valence-corrected chi connectivity index (χ0v) is 7.59. The molecule has 0 aliphatic rings. The van der Waals surface area contributed by atoms with Crippen LogP contribution in [0.4, 0.5) is 8.78 Å². The van der Waals surface area contributed by atoms with Crippen LogP contribution in [0.1, 0.15) is 32.7 Å². The second-order valence-electron chi connectivity index (χ2n) is 2.54. The van der Waals surface area contributed by atoms with Crippen LogP contribution in [0.3, 0.4) is 0 Å². The van der Waals surface area contributed by atoms with Gasteiger partial charge in [0.15, 0.2) is 12.6 Å². The summed E-state index contributed by atoms with van der Waals surface area (Å²) < 4.78 is 24.5. The summed E-state index contributed by atoms with van der Waals surface area (Å²) in [6.45, 7) is 0. The summed E-state index contributed by atoms with van der Waals surface area (Å²) in [5.41, 5.74) is -0.559. The zero-order valence-electron chi connectivity index (χ0n) is 6.84. The third-order valence-corrected chi connectivity index (χ3v) is 1.99. The Morgan fingerprint density at radius 1 is 1.21 bits per heavy atom. The first-order valence-electron chi connectivity index (χ1n) is 3.62. The lowest BCUT2D eigenvalue weighted by Crippen LogP contribution is -1.96. The second kappa shape index (κ2) is 4.28. The van der Waals surface area contributed by atoms with Crippen molar-refractivity contribution in [3.63, 3.8) is 0 Å². The SMILES string of the molecule is O=Cc1cc(C(F)F)cc(Cl)c1C=O. The highest BCUT2D eigenvalue weighted by molar-refractivity contribution is 6.33. The molecule has 0 amide bonds. The van der Waals surface area contributed by atoms with Gasteiger partial charge in [-0.25, -0.2) is 8.78 Å². The Morgan fingerprint density at radius 2 is 1.86 bits per heavy atom. The first-order chi connectivity index (χ1) is 6.60. The van der Waals surface area contributed by atoms with Gasteiger partial charge >= 0.3 is 0 Å². The van der Waals surface area contributed by atoms with Gasteiger partial charge in [0, 0.05) is 16.7 Å². The number of hydrogen-bond acceptors (Lipinski definition) is 2. The molecule has 5 heteroatoms. The van der Waals surface area contributed by atoms with E-state index in [4.69, 9.17) is 11.6 Å². The van der Waals surface area contributed by atoms with Gasteiger partial charge in [-0.15, -0.1) is 0 Å². The van der Waals surface area contributed by atoms with E-state index in [0.29, 0.717) is 12.6 Å². The molecule has 1 aromatic carbocycles. The number of benzene rings is 1. The smallest absolute Gasteiger partial charge is 0.263 e. The van der Waals surface area contributed by atoms with Gasteiger partial charge in [0.25, 0.3) is 6.43 Å². The maximum Gasteiger partial charge on any atom is 0.263 e. The van der Waals surface area contributed by atoms with E-state index in [1.54, 1.807) is 0 Å². The van der Waals surface area contributed by atoms with E-state index >= 15 is 0 Å². The Morgan fingerprint density at radius 3 is 2.29 bits per heavy atom. The van der Waals surface area contributed by atoms with Crippen LogP contribution in [0.5, 0.6) is 0 Å². The summed E-state index contributed by atoms with van der Waals surface area (Å²) >= 11 is 5.53. The van der Waals surface area contributed by atoms with Crippen LogP contribution in [0.25, 0.3) is 0 Å². The minimum Gasteiger partial charge on any atom is -0.298 e. The minimum atomic E-state index is -2.72. The number of carbonyl (C=O) groups is 2. The van der Waals surface area contributed by atoms with Crippen LogP contribution < -0.4 is 0 Å². The molecule has 0 fully saturated rings. The van der Waals surface area contributed by atoms with E-state index in [9.17, 15) is 18.4 Å². The molecule has 0 aliphatic heterocycles. The first kappa shape index (κ1) is 10.8. The third-order valence-electron chi connectivity index (χ3n) is 1.68. The fourth-order valence-electron chi connectivity index (χ4n) is 1.01. The highest BCUT2D eigenvalue weighted by Crippen LogP contribution is 2.26. The van der Waals surface area contributed by atoms with E-state index in [1.165, 1.54) is 0 Å². The van der Waals surface area contributed by atoms with Crippen LogP contribution in [0, 0.1) is 0 Å². The molecule has 0 N–H and O–H groups in total. The third kappa shape index (κ3) is 1.96. The number of halogens is 3. The Kier molecular flexibility index (Phi) is 3.30. The van der Waals surface area contributed by atoms with Crippen molar-refractivity contribution in [2.24, 2.45) is 0 Å². The standard InChI is InChI=1S/C9H5ClF2O2/c10-8-2-5(9(11)12)1-6(3-13)7(8)4-14/h1-4,9H. The lowest BCUT2D eigenvalue weighted by atomic mass is 10.1. The van der Waals surface area contributed by atoms with Crippen LogP contribution in [-0.2, 0) is 0 Å². The maximum atomic E-state index is 12.2. The Balaban J connectivity index is 3.38. The number of aldehydes is 2. The van der Waals surface area contributed by atoms with Gasteiger partial charge in [-0.3, -0.25) is 9.59 Å². The largest absolute Gasteiger partial charge is 0.298 e. The Labute approximate surface area is 83.5 Å². The molecule has 2 nitrogen and oxygen atoms in total. The quantitative estimate of drug-likeness (QED) is 0.731. The van der Waals surface area contributed by atoms with Crippen molar-refractivity contribution < 1.29 is 18.4 Å². The molecule has 0 spiro atoms. The summed E-state index contributed by atoms with van der Waals surface area (Å²) in [5, 5.41) is -0.139. The summed E-state index contributed by atoms with van der Waals surface area (Å²) in [5.74, 6) is 0. The lowest BCUT2D eigenvalue weighted by Gasteiger charge is -2.04. The molecule has 0 unspecified atom stereocenters. The number of alkyl halides is 2. The van der Waals surface area contributed by atoms with Crippen molar-refractivity contribution in [3.05, 3.63) is 33.8 Å². The van der Waals surface area contributed by atoms with Gasteiger partial charge in [0.2, 0.25) is 0 Å². The van der Waals surface area contributed by atoms with Crippen molar-refractivity contribution >= 4 is 24.2 Å². The van der Waals surface area contributed by atoms with Crippen LogP contribution in [0.2, 0.25) is 5.02 Å². The van der Waals surface area contributed by atoms with E-state index in [2.05, 4.69) is 0 Å². The van der Waals surface area contributed by atoms with Crippen molar-refractivity contribution in [3.8, 4) is 0 Å². The minimum absolute atomic E-state index is 0.0638. The molecule has 1 aromatic rings. The highest BCUT2D eigenvalue weighted by Gasteiger charge is 2.13. The Bertz CT molecular complexity index is 377. The molecule has 0 heterocycles. The molecule has 0 aromatic heterocycles. The van der Waals surface area contributed by atoms with Crippen molar-refractivity contribution in [1.82, 2.24) is 0 Å². The Hall–Kier alpha value is -1.29. The van der Waals surface area contributed by atoms with Crippen molar-refractivity contribution in [2.45, 2.75) is 6.43 Å². The van der Waals surface area contributed by atoms with Crippen molar-refractivity contribution in [1.29, 1.82) is 0 Å². The summed E-state index contributed by atoms with van der Waals surface area (Å²) in [4.78, 5) is 20.9. The molecule has 0 aliphatic carbocycles. The van der Waals surface area contributed by atoms with Gasteiger partial charge in [0.05, 0.1) is 5.02 Å². The topological polar surface area (TPSA) is 34.1 Å². The molecule has 74 valence electrons. The van der Waals surface area contributed by atoms with Gasteiger partial charge in [0.1, 0.15) is 0 Å². The second-order valence-corrected chi connectivity index (χ2v) is 2.95. The van der Waals surface area contributed by atoms with Gasteiger partial charge < -0.3 is 0 Å². The number of rotatable bonds is 3. The predicted molar refractivity (Wildman–Crippen MR) is 47.2 cm³/mol. The molecule has 0 saturated carbocycles. The summed E-state index contributed by atoms with van der Waals surface area (Å²) in [6, 6.07) is 1.93. The van der Waals surface area contributed by atoms with Crippen LogP contribution in [0.15, 0.2) is 12.1 Å². The summed E-state index contributed by atoms with van der Waals surface area (Å²) in [7, 11) is 0. The fraction of sp³-hybridized carbons (Fsp3) is 0.111. The predicted octanol–water partition coefficient (Wildman–Crippen LogP) is 2.90. The highest BCUT2D eigenvalue weighted by atomic mass is 35.5. The molecule has 0 radical (unpaired) electrons. The summed E-state index contributed by atoms with van der Waals surface area (Å²) in [6.07, 6.45) is -2.03. The molecule has 0 saturated heterocycles. The van der Waals surface area contributed by atoms with Crippen LogP contribution >= 0.6 is 11.6 Å². The van der Waals surface area contributed by atoms with Crippen LogP contribution in [-0.4, -0.2) is 12.6 Å². The fourth-order valence-corrected chi connectivity index (χ4v) is 1.29. The molecular weight excluding hydrogens is 214 g/mol. The molecular formula is C9H5ClF2O2. The van der Waals surface area contributed by atoms with E-state index < -0.39 is 6.43 Å². The number of hydrogen-bond donors (Lipinski definition) is 0. The number of carbonyl (C=O) groups excluding carboxylic acids is 2. The van der Waals surface area contributed by atoms with E-state index in [1.807, 2.05) is 0 Å². The normalized spacial score (nSPS) is 10.3. The van der Waals surface area contributed by atoms with Gasteiger partial charge in [-0.2, -0.15) is 0 Å². The monoisotopic (exact) mass is 218 g/mol. The van der Waals surface area contributed by atoms with E-state index in [0.717, 1.165) is 12.1 Å². The van der Waals surface area contributed by atoms with Gasteiger partial charge in [-0.05, 0) is 12.1 Å². The lowest BCUT2D eigenvalue weighted by molar-refractivity contribution is 0.109. The average molecular weight is 219 g/mol. The van der Waals surface area contributed by atoms with E-state index in [-0.39, 0.29) is 21.7 Å². The molecule has 0 atom stereocenters. The molecule has 1 rings (SSSR count). The average Bonchev–Trinajstić information content (AvgIpc) is 2.16. The van der Waals surface area contributed by atoms with Crippen molar-refractivity contribution in [2.75, 3.05) is 0 Å². The zero-order chi connectivity index (χ0) is 10.7.